The van der Waals surface area contributed by atoms with E-state index >= 15 is 0 Å². The minimum atomic E-state index is 0. The molecule has 2 N–H and O–H groups in total. The van der Waals surface area contributed by atoms with Crippen LogP contribution in [0.4, 0.5) is 0 Å². The number of nitrogens with one attached hydrogen (secondary N) is 1. The highest BCUT2D eigenvalue weighted by Crippen LogP contribution is 2.12. The number of aliphatic hydroxyl groups excluding tert-OH is 1. The maximum absolute atomic E-state index is 8.71. The van der Waals surface area contributed by atoms with E-state index in [0.29, 0.717) is 12.6 Å². The zero-order valence-electron chi connectivity index (χ0n) is 6.34. The zero-order chi connectivity index (χ0) is 6.69. The van der Waals surface area contributed by atoms with Gasteiger partial charge in [-0.3, -0.25) is 0 Å². The summed E-state index contributed by atoms with van der Waals surface area (Å²) < 4.78 is 0. The number of aliphatic hydroxyl groups is 1. The highest BCUT2D eigenvalue weighted by Gasteiger charge is 2.15. The van der Waals surface area contributed by atoms with E-state index in [1.807, 2.05) is 0 Å². The molecule has 0 bridgehead atoms. The number of rotatable bonds is 1. The molecule has 0 aromatic heterocycles. The number of piperidine rings is 1. The Balaban J connectivity index is 0.000000810. The van der Waals surface area contributed by atoms with E-state index < -0.39 is 0 Å². The molecule has 1 saturated heterocycles. The predicted molar refractivity (Wildman–Crippen MR) is 44.5 cm³/mol. The van der Waals surface area contributed by atoms with E-state index in [9.17, 15) is 0 Å². The lowest BCUT2D eigenvalue weighted by molar-refractivity contribution is 0.203. The van der Waals surface area contributed by atoms with E-state index in [0.717, 1.165) is 18.9 Å². The summed E-state index contributed by atoms with van der Waals surface area (Å²) in [5.41, 5.74) is 0. The largest absolute Gasteiger partial charge is 0.395 e. The molecular formula is C7H16ClNO. The lowest BCUT2D eigenvalue weighted by Crippen LogP contribution is -2.40. The predicted octanol–water partition coefficient (Wildman–Crippen LogP) is 0.789. The minimum Gasteiger partial charge on any atom is -0.395 e. The standard InChI is InChI=1S/C7H15NO.ClH/c1-6-2-3-7(5-9)8-4-6;/h6-9H,2-5H2,1H3;1H/t6-,7+;/m1./s1. The van der Waals surface area contributed by atoms with Gasteiger partial charge in [0.25, 0.3) is 0 Å². The molecule has 0 radical (unpaired) electrons. The maximum atomic E-state index is 8.71. The van der Waals surface area contributed by atoms with Crippen LogP contribution in [0.15, 0.2) is 0 Å². The van der Waals surface area contributed by atoms with Gasteiger partial charge in [0, 0.05) is 6.04 Å². The molecule has 0 spiro atoms. The second-order valence-electron chi connectivity index (χ2n) is 2.97. The molecule has 1 heterocycles. The molecule has 1 fully saturated rings. The molecule has 2 nitrogen and oxygen atoms in total. The minimum absolute atomic E-state index is 0. The van der Waals surface area contributed by atoms with Crippen LogP contribution in [0.25, 0.3) is 0 Å². The molecule has 0 aliphatic carbocycles. The fraction of sp³-hybridized carbons (Fsp3) is 1.00. The van der Waals surface area contributed by atoms with E-state index in [-0.39, 0.29) is 12.4 Å². The highest BCUT2D eigenvalue weighted by atomic mass is 35.5. The fourth-order valence-corrected chi connectivity index (χ4v) is 1.21. The lowest BCUT2D eigenvalue weighted by atomic mass is 9.97. The Labute approximate surface area is 68.4 Å². The molecule has 62 valence electrons. The molecular weight excluding hydrogens is 150 g/mol. The summed E-state index contributed by atoms with van der Waals surface area (Å²) in [6.07, 6.45) is 2.40. The van der Waals surface area contributed by atoms with Gasteiger partial charge in [-0.2, -0.15) is 0 Å². The Kier molecular flexibility index (Phi) is 5.04. The number of hydrogen-bond donors (Lipinski definition) is 2. The van der Waals surface area contributed by atoms with Crippen LogP contribution in [0.3, 0.4) is 0 Å². The number of halogens is 1. The molecule has 10 heavy (non-hydrogen) atoms. The van der Waals surface area contributed by atoms with Crippen LogP contribution in [0.1, 0.15) is 19.8 Å². The van der Waals surface area contributed by atoms with Crippen molar-refractivity contribution in [1.82, 2.24) is 5.32 Å². The van der Waals surface area contributed by atoms with Crippen molar-refractivity contribution >= 4 is 12.4 Å². The first-order chi connectivity index (χ1) is 4.33. The van der Waals surface area contributed by atoms with Crippen LogP contribution in [-0.2, 0) is 0 Å². The third-order valence-electron chi connectivity index (χ3n) is 1.98. The summed E-state index contributed by atoms with van der Waals surface area (Å²) in [5, 5.41) is 12.0. The van der Waals surface area contributed by atoms with Crippen LogP contribution < -0.4 is 5.32 Å². The highest BCUT2D eigenvalue weighted by molar-refractivity contribution is 5.85. The van der Waals surface area contributed by atoms with Crippen molar-refractivity contribution in [3.05, 3.63) is 0 Å². The number of hydrogen-bond acceptors (Lipinski definition) is 2. The maximum Gasteiger partial charge on any atom is 0.0584 e. The Morgan fingerprint density at radius 3 is 2.60 bits per heavy atom. The van der Waals surface area contributed by atoms with Crippen molar-refractivity contribution in [2.24, 2.45) is 5.92 Å². The molecule has 0 amide bonds. The van der Waals surface area contributed by atoms with Crippen molar-refractivity contribution in [3.8, 4) is 0 Å². The van der Waals surface area contributed by atoms with Gasteiger partial charge in [-0.1, -0.05) is 6.92 Å². The van der Waals surface area contributed by atoms with Gasteiger partial charge in [-0.25, -0.2) is 0 Å². The van der Waals surface area contributed by atoms with E-state index in [1.54, 1.807) is 0 Å². The molecule has 2 atom stereocenters. The van der Waals surface area contributed by atoms with Gasteiger partial charge >= 0.3 is 0 Å². The quantitative estimate of drug-likeness (QED) is 0.602. The third kappa shape index (κ3) is 2.86. The van der Waals surface area contributed by atoms with Crippen molar-refractivity contribution in [2.45, 2.75) is 25.8 Å². The van der Waals surface area contributed by atoms with Crippen LogP contribution in [-0.4, -0.2) is 24.3 Å². The van der Waals surface area contributed by atoms with Gasteiger partial charge in [-0.05, 0) is 25.3 Å². The van der Waals surface area contributed by atoms with E-state index in [1.165, 1.54) is 6.42 Å². The van der Waals surface area contributed by atoms with Crippen LogP contribution in [0, 0.1) is 5.92 Å². The summed E-state index contributed by atoms with van der Waals surface area (Å²) >= 11 is 0. The van der Waals surface area contributed by atoms with Gasteiger partial charge in [-0.15, -0.1) is 12.4 Å². The summed E-state index contributed by atoms with van der Waals surface area (Å²) in [6.45, 7) is 3.61. The van der Waals surface area contributed by atoms with Crippen molar-refractivity contribution in [2.75, 3.05) is 13.2 Å². The van der Waals surface area contributed by atoms with Gasteiger partial charge in [0.15, 0.2) is 0 Å². The first kappa shape index (κ1) is 10.2. The molecule has 0 unspecified atom stereocenters. The van der Waals surface area contributed by atoms with E-state index in [2.05, 4.69) is 12.2 Å². The van der Waals surface area contributed by atoms with Crippen LogP contribution in [0.2, 0.25) is 0 Å². The molecule has 1 rings (SSSR count). The summed E-state index contributed by atoms with van der Waals surface area (Å²) in [4.78, 5) is 0. The SMILES string of the molecule is C[C@@H]1CC[C@@H](CO)NC1.Cl. The molecule has 0 aromatic rings. The van der Waals surface area contributed by atoms with E-state index in [4.69, 9.17) is 5.11 Å². The summed E-state index contributed by atoms with van der Waals surface area (Å²) in [6, 6.07) is 0.376. The van der Waals surface area contributed by atoms with Crippen LogP contribution >= 0.6 is 12.4 Å². The Bertz CT molecular complexity index is 81.7. The second kappa shape index (κ2) is 4.94. The molecule has 3 heteroatoms. The molecule has 0 saturated carbocycles. The van der Waals surface area contributed by atoms with Gasteiger partial charge in [0.05, 0.1) is 6.61 Å². The zero-order valence-corrected chi connectivity index (χ0v) is 7.16. The first-order valence-electron chi connectivity index (χ1n) is 3.67. The molecule has 0 aromatic carbocycles. The summed E-state index contributed by atoms with van der Waals surface area (Å²) in [7, 11) is 0. The Morgan fingerprint density at radius 1 is 1.50 bits per heavy atom. The van der Waals surface area contributed by atoms with Gasteiger partial charge in [0.2, 0.25) is 0 Å². The van der Waals surface area contributed by atoms with Crippen molar-refractivity contribution < 1.29 is 5.11 Å². The van der Waals surface area contributed by atoms with Gasteiger partial charge < -0.3 is 10.4 Å². The normalized spacial score (nSPS) is 33.0. The van der Waals surface area contributed by atoms with Crippen molar-refractivity contribution in [1.29, 1.82) is 0 Å². The average Bonchev–Trinajstić information content (AvgIpc) is 1.90. The van der Waals surface area contributed by atoms with Crippen molar-refractivity contribution in [3.63, 3.8) is 0 Å². The van der Waals surface area contributed by atoms with Crippen LogP contribution in [0.5, 0.6) is 0 Å². The topological polar surface area (TPSA) is 32.3 Å². The fourth-order valence-electron chi connectivity index (χ4n) is 1.21. The Hall–Kier alpha value is 0.210. The third-order valence-corrected chi connectivity index (χ3v) is 1.98. The van der Waals surface area contributed by atoms with Gasteiger partial charge in [0.1, 0.15) is 0 Å². The first-order valence-corrected chi connectivity index (χ1v) is 3.67. The monoisotopic (exact) mass is 165 g/mol. The molecule has 1 aliphatic heterocycles. The Morgan fingerprint density at radius 2 is 2.20 bits per heavy atom. The second-order valence-corrected chi connectivity index (χ2v) is 2.97. The molecule has 1 aliphatic rings. The average molecular weight is 166 g/mol. The lowest BCUT2D eigenvalue weighted by Gasteiger charge is -2.25. The summed E-state index contributed by atoms with van der Waals surface area (Å²) in [5.74, 6) is 0.799. The smallest absolute Gasteiger partial charge is 0.0584 e.